The standard InChI is InChI=1S/2C10H20O2.C4H10O3/c2*1-3-5-6-8-9(7-4-2)10(11)12;5-1-3-7-4-2-6/h2*9H,3-8H2,1-2H3,(H,11,12);5-6H,1-4H2. The van der Waals surface area contributed by atoms with Crippen LogP contribution in [0.5, 0.6) is 0 Å². The summed E-state index contributed by atoms with van der Waals surface area (Å²) in [6.07, 6.45) is 12.1. The number of unbranched alkanes of at least 4 members (excludes halogenated alkanes) is 4. The maximum Gasteiger partial charge on any atom is 0.306 e. The first kappa shape index (κ1) is 34.4. The Morgan fingerprint density at radius 2 is 0.968 bits per heavy atom. The van der Waals surface area contributed by atoms with E-state index in [9.17, 15) is 9.59 Å². The topological polar surface area (TPSA) is 124 Å². The van der Waals surface area contributed by atoms with Crippen molar-refractivity contribution in [3.63, 3.8) is 0 Å². The molecular weight excluding hydrogens is 400 g/mol. The summed E-state index contributed by atoms with van der Waals surface area (Å²) in [5, 5.41) is 33.8. The van der Waals surface area contributed by atoms with Crippen molar-refractivity contribution in [1.82, 2.24) is 0 Å². The minimum Gasteiger partial charge on any atom is -0.481 e. The largest absolute Gasteiger partial charge is 0.481 e. The summed E-state index contributed by atoms with van der Waals surface area (Å²) >= 11 is 0. The predicted octanol–water partition coefficient (Wildman–Crippen LogP) is 5.12. The first-order chi connectivity index (χ1) is 14.9. The average molecular weight is 451 g/mol. The Labute approximate surface area is 190 Å². The average Bonchev–Trinajstić information content (AvgIpc) is 2.74. The fraction of sp³-hybridized carbons (Fsp3) is 0.917. The molecule has 0 rings (SSSR count). The minimum atomic E-state index is -0.618. The summed E-state index contributed by atoms with van der Waals surface area (Å²) < 4.78 is 4.63. The van der Waals surface area contributed by atoms with Gasteiger partial charge in [-0.15, -0.1) is 0 Å². The molecule has 0 fully saturated rings. The molecule has 0 amide bonds. The lowest BCUT2D eigenvalue weighted by Crippen LogP contribution is -2.13. The number of aliphatic hydroxyl groups excluding tert-OH is 2. The molecule has 31 heavy (non-hydrogen) atoms. The molecule has 7 nitrogen and oxygen atoms in total. The lowest BCUT2D eigenvalue weighted by molar-refractivity contribution is -0.143. The van der Waals surface area contributed by atoms with E-state index in [-0.39, 0.29) is 25.0 Å². The summed E-state index contributed by atoms with van der Waals surface area (Å²) in [4.78, 5) is 21.4. The van der Waals surface area contributed by atoms with E-state index in [0.29, 0.717) is 13.2 Å². The van der Waals surface area contributed by atoms with Gasteiger partial charge in [-0.05, 0) is 25.7 Å². The van der Waals surface area contributed by atoms with Crippen molar-refractivity contribution in [2.75, 3.05) is 26.4 Å². The van der Waals surface area contributed by atoms with Gasteiger partial charge in [0.05, 0.1) is 38.3 Å². The van der Waals surface area contributed by atoms with Crippen molar-refractivity contribution in [2.24, 2.45) is 11.8 Å². The summed E-state index contributed by atoms with van der Waals surface area (Å²) in [6.45, 7) is 9.04. The van der Waals surface area contributed by atoms with Gasteiger partial charge < -0.3 is 25.2 Å². The van der Waals surface area contributed by atoms with Crippen molar-refractivity contribution in [3.05, 3.63) is 0 Å². The molecule has 0 aliphatic heterocycles. The maximum atomic E-state index is 10.7. The molecule has 0 aromatic carbocycles. The Balaban J connectivity index is -0.000000394. The number of aliphatic carboxylic acids is 2. The number of ether oxygens (including phenoxy) is 1. The van der Waals surface area contributed by atoms with Crippen LogP contribution >= 0.6 is 0 Å². The second kappa shape index (κ2) is 28.8. The Morgan fingerprint density at radius 1 is 0.613 bits per heavy atom. The van der Waals surface area contributed by atoms with E-state index in [2.05, 4.69) is 18.6 Å². The highest BCUT2D eigenvalue weighted by Gasteiger charge is 2.15. The monoisotopic (exact) mass is 450 g/mol. The van der Waals surface area contributed by atoms with E-state index in [4.69, 9.17) is 20.4 Å². The number of hydrogen-bond acceptors (Lipinski definition) is 5. The quantitative estimate of drug-likeness (QED) is 0.214. The van der Waals surface area contributed by atoms with Crippen molar-refractivity contribution in [2.45, 2.75) is 105 Å². The summed E-state index contributed by atoms with van der Waals surface area (Å²) in [5.41, 5.74) is 0. The van der Waals surface area contributed by atoms with Crippen LogP contribution < -0.4 is 0 Å². The third-order valence-corrected chi connectivity index (χ3v) is 4.76. The van der Waals surface area contributed by atoms with E-state index in [1.165, 1.54) is 12.8 Å². The zero-order chi connectivity index (χ0) is 24.3. The van der Waals surface area contributed by atoms with E-state index in [0.717, 1.165) is 64.2 Å². The Morgan fingerprint density at radius 3 is 1.19 bits per heavy atom. The Bertz CT molecular complexity index is 341. The predicted molar refractivity (Wildman–Crippen MR) is 125 cm³/mol. The van der Waals surface area contributed by atoms with Gasteiger partial charge in [0, 0.05) is 0 Å². The number of rotatable bonds is 18. The van der Waals surface area contributed by atoms with Crippen LogP contribution in [0.25, 0.3) is 0 Å². The van der Waals surface area contributed by atoms with Crippen LogP contribution in [0.15, 0.2) is 0 Å². The number of aliphatic hydroxyl groups is 2. The fourth-order valence-electron chi connectivity index (χ4n) is 2.99. The van der Waals surface area contributed by atoms with Crippen molar-refractivity contribution < 1.29 is 34.8 Å². The smallest absolute Gasteiger partial charge is 0.306 e. The van der Waals surface area contributed by atoms with Crippen LogP contribution in [0.3, 0.4) is 0 Å². The number of hydrogen-bond donors (Lipinski definition) is 4. The van der Waals surface area contributed by atoms with Gasteiger partial charge in [-0.3, -0.25) is 9.59 Å². The summed E-state index contributed by atoms with van der Waals surface area (Å²) in [6, 6.07) is 0. The molecule has 0 aliphatic rings. The van der Waals surface area contributed by atoms with E-state index in [1.807, 2.05) is 13.8 Å². The van der Waals surface area contributed by atoms with Crippen molar-refractivity contribution >= 4 is 11.9 Å². The van der Waals surface area contributed by atoms with Crippen LogP contribution in [0.2, 0.25) is 0 Å². The normalized spacial score (nSPS) is 12.1. The highest BCUT2D eigenvalue weighted by Crippen LogP contribution is 2.16. The third-order valence-electron chi connectivity index (χ3n) is 4.76. The highest BCUT2D eigenvalue weighted by atomic mass is 16.5. The molecule has 0 saturated heterocycles. The first-order valence-corrected chi connectivity index (χ1v) is 12.1. The van der Waals surface area contributed by atoms with Crippen molar-refractivity contribution in [3.8, 4) is 0 Å². The van der Waals surface area contributed by atoms with Crippen LogP contribution in [0.1, 0.15) is 105 Å². The van der Waals surface area contributed by atoms with E-state index in [1.54, 1.807) is 0 Å². The molecule has 2 unspecified atom stereocenters. The Kier molecular flexibility index (Phi) is 32.0. The van der Waals surface area contributed by atoms with Gasteiger partial charge in [0.2, 0.25) is 0 Å². The molecule has 0 spiro atoms. The SMILES string of the molecule is CCCCCC(CCC)C(=O)O.CCCCCC(CCC)C(=O)O.OCCOCCO. The zero-order valence-electron chi connectivity index (χ0n) is 20.5. The molecule has 0 aliphatic carbocycles. The van der Waals surface area contributed by atoms with Gasteiger partial charge in [-0.25, -0.2) is 0 Å². The van der Waals surface area contributed by atoms with E-state index >= 15 is 0 Å². The lowest BCUT2D eigenvalue weighted by atomic mass is 9.97. The molecule has 0 aromatic rings. The van der Waals surface area contributed by atoms with Crippen LogP contribution in [-0.2, 0) is 14.3 Å². The van der Waals surface area contributed by atoms with Crippen molar-refractivity contribution in [1.29, 1.82) is 0 Å². The summed E-state index contributed by atoms with van der Waals surface area (Å²) in [7, 11) is 0. The molecule has 188 valence electrons. The maximum absolute atomic E-state index is 10.7. The van der Waals surface area contributed by atoms with Gasteiger partial charge in [0.1, 0.15) is 0 Å². The molecule has 2 atom stereocenters. The molecule has 7 heteroatoms. The second-order valence-corrected chi connectivity index (χ2v) is 7.70. The third kappa shape index (κ3) is 28.8. The number of carboxylic acid groups (broad SMARTS) is 2. The van der Waals surface area contributed by atoms with Gasteiger partial charge >= 0.3 is 11.9 Å². The van der Waals surface area contributed by atoms with Gasteiger partial charge in [0.15, 0.2) is 0 Å². The lowest BCUT2D eigenvalue weighted by Gasteiger charge is -2.09. The molecule has 0 aromatic heterocycles. The Hall–Kier alpha value is -1.18. The second-order valence-electron chi connectivity index (χ2n) is 7.70. The van der Waals surface area contributed by atoms with E-state index < -0.39 is 11.9 Å². The van der Waals surface area contributed by atoms with Gasteiger partial charge in [-0.1, -0.05) is 79.1 Å². The molecule has 4 N–H and O–H groups in total. The molecular formula is C24H50O7. The van der Waals surface area contributed by atoms with Crippen LogP contribution in [-0.4, -0.2) is 58.8 Å². The number of carbonyl (C=O) groups is 2. The summed E-state index contributed by atoms with van der Waals surface area (Å²) in [5.74, 6) is -1.43. The zero-order valence-corrected chi connectivity index (χ0v) is 20.5. The molecule has 0 saturated carbocycles. The van der Waals surface area contributed by atoms with Gasteiger partial charge in [-0.2, -0.15) is 0 Å². The van der Waals surface area contributed by atoms with Crippen LogP contribution in [0, 0.1) is 11.8 Å². The molecule has 0 heterocycles. The highest BCUT2D eigenvalue weighted by molar-refractivity contribution is 5.70. The minimum absolute atomic E-state index is 0.0278. The van der Waals surface area contributed by atoms with Crippen LogP contribution in [0.4, 0.5) is 0 Å². The number of carboxylic acids is 2. The van der Waals surface area contributed by atoms with Gasteiger partial charge in [0.25, 0.3) is 0 Å². The molecule has 0 radical (unpaired) electrons. The molecule has 0 bridgehead atoms. The first-order valence-electron chi connectivity index (χ1n) is 12.1. The fourth-order valence-corrected chi connectivity index (χ4v) is 2.99.